The molecule has 1 aliphatic rings. The van der Waals surface area contributed by atoms with E-state index >= 15 is 0 Å². The Morgan fingerprint density at radius 1 is 1.60 bits per heavy atom. The van der Waals surface area contributed by atoms with Gasteiger partial charge in [0, 0.05) is 19.5 Å². The molecule has 15 heavy (non-hydrogen) atoms. The molecular weight excluding hydrogens is 214 g/mol. The highest BCUT2D eigenvalue weighted by Gasteiger charge is 2.23. The largest absolute Gasteiger partial charge is 0.373 e. The molecule has 1 rings (SSSR count). The number of rotatable bonds is 4. The molecule has 0 N–H and O–H groups in total. The van der Waals surface area contributed by atoms with Gasteiger partial charge >= 0.3 is 0 Å². The first kappa shape index (κ1) is 12.8. The van der Waals surface area contributed by atoms with E-state index in [0.29, 0.717) is 37.9 Å². The highest BCUT2D eigenvalue weighted by Crippen LogP contribution is 2.11. The molecule has 0 aromatic rings. The summed E-state index contributed by atoms with van der Waals surface area (Å²) in [6.07, 6.45) is 1.62. The monoisotopic (exact) mass is 233 g/mol. The van der Waals surface area contributed by atoms with Gasteiger partial charge in [-0.2, -0.15) is 0 Å². The molecule has 88 valence electrons. The third kappa shape index (κ3) is 4.39. The van der Waals surface area contributed by atoms with Crippen molar-refractivity contribution in [2.24, 2.45) is 5.92 Å². The van der Waals surface area contributed by atoms with E-state index in [1.54, 1.807) is 0 Å². The molecule has 0 aromatic heterocycles. The summed E-state index contributed by atoms with van der Waals surface area (Å²) in [7, 11) is 0. The van der Waals surface area contributed by atoms with Gasteiger partial charge in [-0.1, -0.05) is 13.8 Å². The number of carbonyl (C=O) groups is 1. The summed E-state index contributed by atoms with van der Waals surface area (Å²) in [6.45, 7) is 6.25. The van der Waals surface area contributed by atoms with Crippen molar-refractivity contribution >= 4 is 17.5 Å². The minimum atomic E-state index is 0.0171. The van der Waals surface area contributed by atoms with E-state index in [2.05, 4.69) is 13.8 Å². The third-order valence-corrected chi connectivity index (χ3v) is 2.94. The first-order valence-electron chi connectivity index (χ1n) is 5.58. The summed E-state index contributed by atoms with van der Waals surface area (Å²) >= 11 is 5.71. The quantitative estimate of drug-likeness (QED) is 0.694. The Bertz CT molecular complexity index is 209. The topological polar surface area (TPSA) is 29.5 Å². The molecular formula is C11H20ClNO2. The predicted molar refractivity (Wildman–Crippen MR) is 61.1 cm³/mol. The third-order valence-electron chi connectivity index (χ3n) is 2.60. The number of morpholine rings is 1. The molecule has 0 bridgehead atoms. The van der Waals surface area contributed by atoms with Gasteiger partial charge in [0.2, 0.25) is 5.91 Å². The maximum atomic E-state index is 11.8. The van der Waals surface area contributed by atoms with Crippen molar-refractivity contribution in [3.05, 3.63) is 0 Å². The maximum Gasteiger partial charge on any atom is 0.222 e. The number of halogens is 1. The van der Waals surface area contributed by atoms with Gasteiger partial charge in [0.05, 0.1) is 18.6 Å². The minimum Gasteiger partial charge on any atom is -0.373 e. The Morgan fingerprint density at radius 3 is 2.93 bits per heavy atom. The Kier molecular flexibility index (Phi) is 5.40. The van der Waals surface area contributed by atoms with E-state index in [1.165, 1.54) is 0 Å². The summed E-state index contributed by atoms with van der Waals surface area (Å²) in [6, 6.07) is 0. The molecule has 1 fully saturated rings. The lowest BCUT2D eigenvalue weighted by Gasteiger charge is -2.32. The summed E-state index contributed by atoms with van der Waals surface area (Å²) in [4.78, 5) is 13.7. The maximum absolute atomic E-state index is 11.8. The van der Waals surface area contributed by atoms with Gasteiger partial charge in [0.15, 0.2) is 0 Å². The van der Waals surface area contributed by atoms with E-state index < -0.39 is 0 Å². The zero-order valence-electron chi connectivity index (χ0n) is 9.54. The van der Waals surface area contributed by atoms with Crippen LogP contribution in [-0.4, -0.2) is 42.5 Å². The molecule has 0 aliphatic carbocycles. The molecule has 1 atom stereocenters. The average Bonchev–Trinajstić information content (AvgIpc) is 2.26. The molecule has 3 nitrogen and oxygen atoms in total. The number of alkyl halides is 1. The lowest BCUT2D eigenvalue weighted by molar-refractivity contribution is -0.138. The fraction of sp³-hybridized carbons (Fsp3) is 0.909. The number of hydrogen-bond donors (Lipinski definition) is 0. The fourth-order valence-corrected chi connectivity index (χ4v) is 1.80. The molecule has 0 spiro atoms. The standard InChI is InChI=1S/C11H20ClNO2/c1-9(2)3-4-11(14)13-5-6-15-10(7-12)8-13/h9-10H,3-8H2,1-2H3. The van der Waals surface area contributed by atoms with Crippen LogP contribution in [0.5, 0.6) is 0 Å². The average molecular weight is 234 g/mol. The van der Waals surface area contributed by atoms with E-state index in [9.17, 15) is 4.79 Å². The van der Waals surface area contributed by atoms with Crippen LogP contribution in [0.2, 0.25) is 0 Å². The van der Waals surface area contributed by atoms with Gasteiger partial charge in [0.25, 0.3) is 0 Å². The van der Waals surface area contributed by atoms with E-state index in [4.69, 9.17) is 16.3 Å². The molecule has 1 amide bonds. The Hall–Kier alpha value is -0.280. The smallest absolute Gasteiger partial charge is 0.222 e. The van der Waals surface area contributed by atoms with Gasteiger partial charge in [-0.25, -0.2) is 0 Å². The van der Waals surface area contributed by atoms with Crippen LogP contribution in [0.3, 0.4) is 0 Å². The lowest BCUT2D eigenvalue weighted by atomic mass is 10.1. The van der Waals surface area contributed by atoms with Crippen molar-refractivity contribution in [2.75, 3.05) is 25.6 Å². The van der Waals surface area contributed by atoms with Crippen molar-refractivity contribution in [3.8, 4) is 0 Å². The van der Waals surface area contributed by atoms with Crippen LogP contribution in [0, 0.1) is 5.92 Å². The van der Waals surface area contributed by atoms with Gasteiger partial charge < -0.3 is 9.64 Å². The van der Waals surface area contributed by atoms with Crippen LogP contribution >= 0.6 is 11.6 Å². The van der Waals surface area contributed by atoms with Crippen LogP contribution < -0.4 is 0 Å². The highest BCUT2D eigenvalue weighted by molar-refractivity contribution is 6.18. The molecule has 4 heteroatoms. The minimum absolute atomic E-state index is 0.0171. The first-order chi connectivity index (χ1) is 7.13. The van der Waals surface area contributed by atoms with Crippen LogP contribution in [0.1, 0.15) is 26.7 Å². The first-order valence-corrected chi connectivity index (χ1v) is 6.12. The number of carbonyl (C=O) groups excluding carboxylic acids is 1. The van der Waals surface area contributed by atoms with Gasteiger partial charge in [0.1, 0.15) is 0 Å². The molecule has 1 aliphatic heterocycles. The highest BCUT2D eigenvalue weighted by atomic mass is 35.5. The van der Waals surface area contributed by atoms with Crippen LogP contribution in [0.25, 0.3) is 0 Å². The predicted octanol–water partition coefficient (Wildman–Crippen LogP) is 1.89. The number of nitrogens with zero attached hydrogens (tertiary/aromatic N) is 1. The Balaban J connectivity index is 2.32. The number of amides is 1. The molecule has 1 saturated heterocycles. The second-order valence-electron chi connectivity index (χ2n) is 4.42. The number of ether oxygens (including phenoxy) is 1. The van der Waals surface area contributed by atoms with Crippen molar-refractivity contribution in [1.82, 2.24) is 4.90 Å². The zero-order chi connectivity index (χ0) is 11.3. The van der Waals surface area contributed by atoms with Crippen molar-refractivity contribution < 1.29 is 9.53 Å². The van der Waals surface area contributed by atoms with Crippen LogP contribution in [0.4, 0.5) is 0 Å². The van der Waals surface area contributed by atoms with Crippen LogP contribution in [0.15, 0.2) is 0 Å². The second-order valence-corrected chi connectivity index (χ2v) is 4.73. The summed E-state index contributed by atoms with van der Waals surface area (Å²) in [5.41, 5.74) is 0. The SMILES string of the molecule is CC(C)CCC(=O)N1CCOC(CCl)C1. The summed E-state index contributed by atoms with van der Waals surface area (Å²) in [5.74, 6) is 1.29. The van der Waals surface area contributed by atoms with E-state index in [0.717, 1.165) is 6.42 Å². The van der Waals surface area contributed by atoms with Crippen molar-refractivity contribution in [2.45, 2.75) is 32.8 Å². The van der Waals surface area contributed by atoms with E-state index in [-0.39, 0.29) is 12.0 Å². The molecule has 1 heterocycles. The van der Waals surface area contributed by atoms with E-state index in [1.807, 2.05) is 4.90 Å². The molecule has 0 saturated carbocycles. The van der Waals surface area contributed by atoms with Gasteiger partial charge in [-0.15, -0.1) is 11.6 Å². The Labute approximate surface area is 96.7 Å². The normalized spacial score (nSPS) is 22.1. The zero-order valence-corrected chi connectivity index (χ0v) is 10.3. The molecule has 1 unspecified atom stereocenters. The Morgan fingerprint density at radius 2 is 2.33 bits per heavy atom. The van der Waals surface area contributed by atoms with Gasteiger partial charge in [-0.05, 0) is 12.3 Å². The van der Waals surface area contributed by atoms with Crippen LogP contribution in [-0.2, 0) is 9.53 Å². The lowest BCUT2D eigenvalue weighted by Crippen LogP contribution is -2.46. The number of hydrogen-bond acceptors (Lipinski definition) is 2. The van der Waals surface area contributed by atoms with Gasteiger partial charge in [-0.3, -0.25) is 4.79 Å². The summed E-state index contributed by atoms with van der Waals surface area (Å²) in [5, 5.41) is 0. The molecule has 0 aromatic carbocycles. The molecule has 0 radical (unpaired) electrons. The second kappa shape index (κ2) is 6.33. The fourth-order valence-electron chi connectivity index (χ4n) is 1.61. The van der Waals surface area contributed by atoms with Crippen molar-refractivity contribution in [1.29, 1.82) is 0 Å². The summed E-state index contributed by atoms with van der Waals surface area (Å²) < 4.78 is 5.41. The van der Waals surface area contributed by atoms with Crippen molar-refractivity contribution in [3.63, 3.8) is 0 Å².